The fraction of sp³-hybridized carbons (Fsp3) is 0.300. The van der Waals surface area contributed by atoms with Crippen LogP contribution in [-0.4, -0.2) is 75.3 Å². The van der Waals surface area contributed by atoms with Crippen LogP contribution in [0.5, 0.6) is 0 Å². The van der Waals surface area contributed by atoms with Gasteiger partial charge in [-0.1, -0.05) is 30.8 Å². The summed E-state index contributed by atoms with van der Waals surface area (Å²) in [5.41, 5.74) is 13.0. The third-order valence-electron chi connectivity index (χ3n) is 7.18. The van der Waals surface area contributed by atoms with Crippen molar-refractivity contribution >= 4 is 28.4 Å². The smallest absolute Gasteiger partial charge is 0.253 e. The molecule has 4 aromatic rings. The molecule has 9 nitrogen and oxygen atoms in total. The van der Waals surface area contributed by atoms with E-state index in [-0.39, 0.29) is 5.91 Å². The molecule has 3 heterocycles. The van der Waals surface area contributed by atoms with Crippen molar-refractivity contribution in [1.82, 2.24) is 24.3 Å². The first-order valence-corrected chi connectivity index (χ1v) is 13.1. The molecule has 4 N–H and O–H groups in total. The van der Waals surface area contributed by atoms with Crippen molar-refractivity contribution in [3.05, 3.63) is 72.6 Å². The lowest BCUT2D eigenvalue weighted by atomic mass is 9.97. The van der Waals surface area contributed by atoms with Gasteiger partial charge in [0, 0.05) is 43.5 Å². The normalized spacial score (nSPS) is 14.2. The molecular weight excluding hydrogens is 490 g/mol. The number of aryl methyl sites for hydroxylation is 1. The fourth-order valence-corrected chi connectivity index (χ4v) is 5.25. The van der Waals surface area contributed by atoms with Crippen LogP contribution in [0.2, 0.25) is 0 Å². The van der Waals surface area contributed by atoms with Crippen molar-refractivity contribution < 1.29 is 9.90 Å². The van der Waals surface area contributed by atoms with Crippen LogP contribution < -0.4 is 11.1 Å². The van der Waals surface area contributed by atoms with Crippen molar-refractivity contribution in [3.63, 3.8) is 0 Å². The number of nitrogen functional groups attached to an aromatic ring is 1. The summed E-state index contributed by atoms with van der Waals surface area (Å²) in [4.78, 5) is 25.6. The van der Waals surface area contributed by atoms with Crippen LogP contribution in [0.25, 0.3) is 33.4 Å². The number of rotatable bonds is 8. The van der Waals surface area contributed by atoms with Crippen LogP contribution >= 0.6 is 0 Å². The number of nitrogens with one attached hydrogen (secondary N) is 1. The standard InChI is InChI=1S/C30H35N7O2/c1-19(17-35(2)3)29(38)34-23-13-11-21(12-14-23)26-24(25-27(31)32-18-33-28(25)36(26)4)20-7-9-22(10-8-20)30(39)37-15-5-6-16-37/h7-14,18,29,34,38H,1,5-6,15-17H2,2-4H3,(H2,31,32,33). The molecule has 0 aliphatic carbocycles. The van der Waals surface area contributed by atoms with Crippen LogP contribution in [0.3, 0.4) is 0 Å². The minimum atomic E-state index is -0.858. The van der Waals surface area contributed by atoms with E-state index < -0.39 is 6.23 Å². The van der Waals surface area contributed by atoms with Crippen molar-refractivity contribution in [3.8, 4) is 22.4 Å². The average Bonchev–Trinajstić information content (AvgIpc) is 3.56. The summed E-state index contributed by atoms with van der Waals surface area (Å²) in [6.45, 7) is 6.18. The third-order valence-corrected chi connectivity index (χ3v) is 7.18. The Labute approximate surface area is 228 Å². The molecule has 0 spiro atoms. The zero-order valence-corrected chi connectivity index (χ0v) is 22.7. The van der Waals surface area contributed by atoms with Gasteiger partial charge in [-0.05, 0) is 67.9 Å². The Balaban J connectivity index is 1.51. The lowest BCUT2D eigenvalue weighted by Crippen LogP contribution is -2.27. The second kappa shape index (κ2) is 10.9. The third kappa shape index (κ3) is 5.23. The quantitative estimate of drug-likeness (QED) is 0.236. The van der Waals surface area contributed by atoms with Crippen LogP contribution in [0.4, 0.5) is 11.5 Å². The van der Waals surface area contributed by atoms with Gasteiger partial charge in [-0.3, -0.25) is 4.79 Å². The molecule has 1 atom stereocenters. The molecule has 1 amide bonds. The number of amides is 1. The highest BCUT2D eigenvalue weighted by molar-refractivity contribution is 6.08. The number of fused-ring (bicyclic) bond motifs is 1. The lowest BCUT2D eigenvalue weighted by Gasteiger charge is -2.20. The van der Waals surface area contributed by atoms with Crippen LogP contribution in [0.15, 0.2) is 67.0 Å². The molecule has 1 aliphatic rings. The number of aromatic nitrogens is 3. The van der Waals surface area contributed by atoms with E-state index in [2.05, 4.69) is 21.9 Å². The van der Waals surface area contributed by atoms with Gasteiger partial charge in [0.25, 0.3) is 5.91 Å². The summed E-state index contributed by atoms with van der Waals surface area (Å²) >= 11 is 0. The first kappa shape index (κ1) is 26.4. The number of likely N-dealkylation sites (tertiary alicyclic amines) is 1. The van der Waals surface area contributed by atoms with Gasteiger partial charge in [0.05, 0.1) is 11.1 Å². The van der Waals surface area contributed by atoms with Gasteiger partial charge < -0.3 is 30.5 Å². The minimum Gasteiger partial charge on any atom is -0.383 e. The van der Waals surface area contributed by atoms with E-state index in [9.17, 15) is 9.90 Å². The molecule has 2 aromatic carbocycles. The second-order valence-corrected chi connectivity index (χ2v) is 10.3. The number of likely N-dealkylation sites (N-methyl/N-ethyl adjacent to an activating group) is 1. The maximum absolute atomic E-state index is 12.9. The van der Waals surface area contributed by atoms with Crippen molar-refractivity contribution in [2.75, 3.05) is 44.8 Å². The number of nitrogens with zero attached hydrogens (tertiary/aromatic N) is 5. The molecule has 1 aliphatic heterocycles. The molecule has 1 saturated heterocycles. The number of nitrogens with two attached hydrogens (primary N) is 1. The van der Waals surface area contributed by atoms with Gasteiger partial charge >= 0.3 is 0 Å². The highest BCUT2D eigenvalue weighted by Gasteiger charge is 2.23. The number of carbonyl (C=O) groups excluding carboxylic acids is 1. The largest absolute Gasteiger partial charge is 0.383 e. The minimum absolute atomic E-state index is 0.0681. The van der Waals surface area contributed by atoms with Gasteiger partial charge in [-0.15, -0.1) is 0 Å². The van der Waals surface area contributed by atoms with E-state index in [0.29, 0.717) is 23.5 Å². The summed E-state index contributed by atoms with van der Waals surface area (Å²) in [5, 5.41) is 14.4. The average molecular weight is 526 g/mol. The van der Waals surface area contributed by atoms with E-state index in [1.807, 2.05) is 84.0 Å². The zero-order valence-electron chi connectivity index (χ0n) is 22.7. The summed E-state index contributed by atoms with van der Waals surface area (Å²) < 4.78 is 2.02. The second-order valence-electron chi connectivity index (χ2n) is 10.3. The maximum Gasteiger partial charge on any atom is 0.253 e. The SMILES string of the molecule is C=C(CN(C)C)C(O)Nc1ccc(-c2c(-c3ccc(C(=O)N4CCCC4)cc3)c3c(N)ncnc3n2C)cc1. The number of aliphatic hydroxyl groups excluding tert-OH is 1. The molecule has 202 valence electrons. The first-order chi connectivity index (χ1) is 18.7. The van der Waals surface area contributed by atoms with Crippen molar-refractivity contribution in [2.24, 2.45) is 7.05 Å². The van der Waals surface area contributed by atoms with Gasteiger partial charge in [-0.25, -0.2) is 9.97 Å². The Hall–Kier alpha value is -4.21. The topological polar surface area (TPSA) is 113 Å². The summed E-state index contributed by atoms with van der Waals surface area (Å²) in [5.74, 6) is 0.466. The van der Waals surface area contributed by atoms with E-state index in [4.69, 9.17) is 5.73 Å². The molecule has 0 radical (unpaired) electrons. The van der Waals surface area contributed by atoms with Crippen LogP contribution in [-0.2, 0) is 7.05 Å². The molecule has 0 bridgehead atoms. The molecule has 5 rings (SSSR count). The number of benzene rings is 2. The molecule has 9 heteroatoms. The molecule has 1 unspecified atom stereocenters. The maximum atomic E-state index is 12.9. The monoisotopic (exact) mass is 525 g/mol. The Kier molecular flexibility index (Phi) is 7.36. The predicted octanol–water partition coefficient (Wildman–Crippen LogP) is 3.97. The number of hydrogen-bond donors (Lipinski definition) is 3. The predicted molar refractivity (Wildman–Crippen MR) is 156 cm³/mol. The fourth-order valence-electron chi connectivity index (χ4n) is 5.25. The number of anilines is 2. The lowest BCUT2D eigenvalue weighted by molar-refractivity contribution is 0.0793. The van der Waals surface area contributed by atoms with Crippen molar-refractivity contribution in [1.29, 1.82) is 0 Å². The zero-order chi connectivity index (χ0) is 27.7. The Morgan fingerprint density at radius 3 is 2.36 bits per heavy atom. The van der Waals surface area contributed by atoms with E-state index in [1.54, 1.807) is 0 Å². The number of aliphatic hydroxyl groups is 1. The van der Waals surface area contributed by atoms with E-state index in [1.165, 1.54) is 6.33 Å². The van der Waals surface area contributed by atoms with Gasteiger partial charge in [0.2, 0.25) is 0 Å². The number of carbonyl (C=O) groups is 1. The summed E-state index contributed by atoms with van der Waals surface area (Å²) in [6.07, 6.45) is 2.72. The highest BCUT2D eigenvalue weighted by atomic mass is 16.3. The molecular formula is C30H35N7O2. The van der Waals surface area contributed by atoms with Gasteiger partial charge in [-0.2, -0.15) is 0 Å². The van der Waals surface area contributed by atoms with E-state index >= 15 is 0 Å². The molecule has 39 heavy (non-hydrogen) atoms. The summed E-state index contributed by atoms with van der Waals surface area (Å²) in [6, 6.07) is 15.5. The Bertz CT molecular complexity index is 1500. The Morgan fingerprint density at radius 2 is 1.72 bits per heavy atom. The molecule has 0 saturated carbocycles. The highest BCUT2D eigenvalue weighted by Crippen LogP contribution is 2.41. The Morgan fingerprint density at radius 1 is 1.08 bits per heavy atom. The summed E-state index contributed by atoms with van der Waals surface area (Å²) in [7, 11) is 5.83. The number of hydrogen-bond acceptors (Lipinski definition) is 7. The first-order valence-electron chi connectivity index (χ1n) is 13.1. The van der Waals surface area contributed by atoms with Crippen molar-refractivity contribution in [2.45, 2.75) is 19.1 Å². The van der Waals surface area contributed by atoms with Gasteiger partial charge in [0.1, 0.15) is 24.0 Å². The van der Waals surface area contributed by atoms with Crippen LogP contribution in [0, 0.1) is 0 Å². The molecule has 2 aromatic heterocycles. The van der Waals surface area contributed by atoms with Gasteiger partial charge in [0.15, 0.2) is 0 Å². The van der Waals surface area contributed by atoms with Crippen LogP contribution in [0.1, 0.15) is 23.2 Å². The molecule has 1 fully saturated rings. The van der Waals surface area contributed by atoms with E-state index in [0.717, 1.165) is 65.0 Å².